The van der Waals surface area contributed by atoms with Crippen LogP contribution in [-0.2, 0) is 0 Å². The van der Waals surface area contributed by atoms with Crippen LogP contribution >= 0.6 is 0 Å². The summed E-state index contributed by atoms with van der Waals surface area (Å²) in [5.41, 5.74) is 0. The van der Waals surface area contributed by atoms with E-state index in [4.69, 9.17) is 0 Å². The van der Waals surface area contributed by atoms with Gasteiger partial charge in [-0.1, -0.05) is 50.1 Å². The molecule has 0 amide bonds. The molecule has 0 aliphatic heterocycles. The first-order valence-electron chi connectivity index (χ1n) is 4.84. The highest BCUT2D eigenvalue weighted by atomic mass is 13.9. The lowest BCUT2D eigenvalue weighted by atomic mass is 10.2. The van der Waals surface area contributed by atoms with Gasteiger partial charge >= 0.3 is 0 Å². The van der Waals surface area contributed by atoms with Crippen molar-refractivity contribution in [2.24, 2.45) is 0 Å². The molecular formula is C12H20. The average Bonchev–Trinajstić information content (AvgIpc) is 2.10. The minimum Gasteiger partial charge on any atom is -0.103 e. The summed E-state index contributed by atoms with van der Waals surface area (Å²) >= 11 is 0. The summed E-state index contributed by atoms with van der Waals surface area (Å²) < 4.78 is 0. The van der Waals surface area contributed by atoms with Crippen molar-refractivity contribution in [3.63, 3.8) is 0 Å². The highest BCUT2D eigenvalue weighted by Crippen LogP contribution is 1.99. The van der Waals surface area contributed by atoms with E-state index >= 15 is 0 Å². The van der Waals surface area contributed by atoms with Gasteiger partial charge in [0.05, 0.1) is 0 Å². The summed E-state index contributed by atoms with van der Waals surface area (Å²) in [7, 11) is 0. The van der Waals surface area contributed by atoms with Crippen LogP contribution in [-0.4, -0.2) is 0 Å². The van der Waals surface area contributed by atoms with Gasteiger partial charge in [-0.05, 0) is 19.3 Å². The first-order valence-corrected chi connectivity index (χ1v) is 4.84. The Labute approximate surface area is 76.7 Å². The van der Waals surface area contributed by atoms with Crippen LogP contribution in [0.4, 0.5) is 0 Å². The van der Waals surface area contributed by atoms with Gasteiger partial charge in [0, 0.05) is 0 Å². The SMILES string of the molecule is C=CCC=CC=CCCCCC. The van der Waals surface area contributed by atoms with E-state index in [0.717, 1.165) is 6.42 Å². The Kier molecular flexibility index (Phi) is 9.56. The van der Waals surface area contributed by atoms with Crippen molar-refractivity contribution in [3.8, 4) is 0 Å². The molecule has 0 rings (SSSR count). The van der Waals surface area contributed by atoms with E-state index in [2.05, 4.69) is 37.8 Å². The molecule has 0 nitrogen and oxygen atoms in total. The van der Waals surface area contributed by atoms with E-state index in [0.29, 0.717) is 0 Å². The van der Waals surface area contributed by atoms with Crippen molar-refractivity contribution >= 4 is 0 Å². The molecule has 0 radical (unpaired) electrons. The highest BCUT2D eigenvalue weighted by molar-refractivity contribution is 5.03. The second-order valence-electron chi connectivity index (χ2n) is 2.88. The molecule has 0 aromatic heterocycles. The van der Waals surface area contributed by atoms with E-state index < -0.39 is 0 Å². The van der Waals surface area contributed by atoms with E-state index in [1.165, 1.54) is 25.7 Å². The number of allylic oxidation sites excluding steroid dienone is 5. The van der Waals surface area contributed by atoms with Crippen LogP contribution in [0.3, 0.4) is 0 Å². The van der Waals surface area contributed by atoms with Crippen LogP contribution in [0.2, 0.25) is 0 Å². The van der Waals surface area contributed by atoms with Crippen molar-refractivity contribution in [2.45, 2.75) is 39.0 Å². The van der Waals surface area contributed by atoms with E-state index in [9.17, 15) is 0 Å². The predicted molar refractivity (Wildman–Crippen MR) is 57.2 cm³/mol. The fraction of sp³-hybridized carbons (Fsp3) is 0.500. The predicted octanol–water partition coefficient (Wildman–Crippen LogP) is 4.26. The van der Waals surface area contributed by atoms with Gasteiger partial charge in [-0.2, -0.15) is 0 Å². The first-order chi connectivity index (χ1) is 5.91. The summed E-state index contributed by atoms with van der Waals surface area (Å²) in [6, 6.07) is 0. The lowest BCUT2D eigenvalue weighted by Gasteiger charge is -1.89. The molecule has 0 N–H and O–H groups in total. The van der Waals surface area contributed by atoms with Gasteiger partial charge in [-0.15, -0.1) is 6.58 Å². The molecule has 0 unspecified atom stereocenters. The molecule has 12 heavy (non-hydrogen) atoms. The topological polar surface area (TPSA) is 0 Å². The summed E-state index contributed by atoms with van der Waals surface area (Å²) in [6.07, 6.45) is 16.6. The zero-order valence-electron chi connectivity index (χ0n) is 8.13. The second-order valence-corrected chi connectivity index (χ2v) is 2.88. The Morgan fingerprint density at radius 1 is 1.08 bits per heavy atom. The molecule has 0 aromatic carbocycles. The maximum absolute atomic E-state index is 3.64. The molecule has 0 heterocycles. The second kappa shape index (κ2) is 10.2. The molecule has 0 saturated carbocycles. The van der Waals surface area contributed by atoms with Crippen LogP contribution in [0.15, 0.2) is 37.0 Å². The number of hydrogen-bond acceptors (Lipinski definition) is 0. The smallest absolute Gasteiger partial charge is 0.0169 e. The first kappa shape index (κ1) is 11.2. The lowest BCUT2D eigenvalue weighted by molar-refractivity contribution is 0.729. The molecule has 0 heteroatoms. The van der Waals surface area contributed by atoms with Crippen LogP contribution < -0.4 is 0 Å². The Morgan fingerprint density at radius 2 is 1.83 bits per heavy atom. The van der Waals surface area contributed by atoms with Crippen molar-refractivity contribution in [1.82, 2.24) is 0 Å². The maximum Gasteiger partial charge on any atom is -0.0169 e. The zero-order valence-corrected chi connectivity index (χ0v) is 8.13. The Balaban J connectivity index is 3.18. The third-order valence-corrected chi connectivity index (χ3v) is 1.66. The molecule has 0 aliphatic carbocycles. The molecular weight excluding hydrogens is 144 g/mol. The van der Waals surface area contributed by atoms with Crippen LogP contribution in [0.5, 0.6) is 0 Å². The largest absolute Gasteiger partial charge is 0.103 e. The monoisotopic (exact) mass is 164 g/mol. The molecule has 0 spiro atoms. The summed E-state index contributed by atoms with van der Waals surface area (Å²) in [5, 5.41) is 0. The Hall–Kier alpha value is -0.780. The molecule has 0 bridgehead atoms. The minimum absolute atomic E-state index is 0.972. The maximum atomic E-state index is 3.64. The van der Waals surface area contributed by atoms with Crippen molar-refractivity contribution < 1.29 is 0 Å². The average molecular weight is 164 g/mol. The van der Waals surface area contributed by atoms with E-state index in [1.54, 1.807) is 0 Å². The standard InChI is InChI=1S/C12H20/c1-3-5-7-9-11-12-10-8-6-4-2/h3,7,9,11-12H,1,4-6,8,10H2,2H3. The lowest BCUT2D eigenvalue weighted by Crippen LogP contribution is -1.69. The molecule has 0 saturated heterocycles. The van der Waals surface area contributed by atoms with Gasteiger partial charge in [0.15, 0.2) is 0 Å². The van der Waals surface area contributed by atoms with Crippen LogP contribution in [0, 0.1) is 0 Å². The Morgan fingerprint density at radius 3 is 2.50 bits per heavy atom. The highest BCUT2D eigenvalue weighted by Gasteiger charge is 1.79. The summed E-state index contributed by atoms with van der Waals surface area (Å²) in [4.78, 5) is 0. The molecule has 0 aliphatic rings. The van der Waals surface area contributed by atoms with Gasteiger partial charge in [0.1, 0.15) is 0 Å². The fourth-order valence-corrected chi connectivity index (χ4v) is 0.940. The summed E-state index contributed by atoms with van der Waals surface area (Å²) in [6.45, 7) is 5.87. The van der Waals surface area contributed by atoms with Crippen molar-refractivity contribution in [3.05, 3.63) is 37.0 Å². The van der Waals surface area contributed by atoms with Gasteiger partial charge in [-0.25, -0.2) is 0 Å². The van der Waals surface area contributed by atoms with Gasteiger partial charge in [0.2, 0.25) is 0 Å². The number of hydrogen-bond donors (Lipinski definition) is 0. The quantitative estimate of drug-likeness (QED) is 0.300. The third kappa shape index (κ3) is 9.22. The minimum atomic E-state index is 0.972. The van der Waals surface area contributed by atoms with Crippen LogP contribution in [0.1, 0.15) is 39.0 Å². The molecule has 0 atom stereocenters. The molecule has 68 valence electrons. The molecule has 0 aromatic rings. The fourth-order valence-electron chi connectivity index (χ4n) is 0.940. The van der Waals surface area contributed by atoms with Crippen LogP contribution in [0.25, 0.3) is 0 Å². The third-order valence-electron chi connectivity index (χ3n) is 1.66. The van der Waals surface area contributed by atoms with E-state index in [-0.39, 0.29) is 0 Å². The van der Waals surface area contributed by atoms with Gasteiger partial charge < -0.3 is 0 Å². The summed E-state index contributed by atoms with van der Waals surface area (Å²) in [5.74, 6) is 0. The number of rotatable bonds is 7. The van der Waals surface area contributed by atoms with Crippen molar-refractivity contribution in [2.75, 3.05) is 0 Å². The van der Waals surface area contributed by atoms with Gasteiger partial charge in [-0.3, -0.25) is 0 Å². The Bertz CT molecular complexity index is 140. The van der Waals surface area contributed by atoms with Gasteiger partial charge in [0.25, 0.3) is 0 Å². The van der Waals surface area contributed by atoms with Crippen molar-refractivity contribution in [1.29, 1.82) is 0 Å². The van der Waals surface area contributed by atoms with E-state index in [1.807, 2.05) is 6.08 Å². The zero-order chi connectivity index (χ0) is 9.07. The number of unbranched alkanes of at least 4 members (excludes halogenated alkanes) is 3. The molecule has 0 fully saturated rings. The normalized spacial score (nSPS) is 11.4.